The number of carbonyl (C=O) groups is 1. The maximum atomic E-state index is 12.0. The summed E-state index contributed by atoms with van der Waals surface area (Å²) in [6.45, 7) is 4.11. The number of ether oxygens (including phenoxy) is 4. The summed E-state index contributed by atoms with van der Waals surface area (Å²) >= 11 is 0. The fraction of sp³-hybridized carbons (Fsp3) is 0.550. The van der Waals surface area contributed by atoms with Crippen LogP contribution in [-0.2, 0) is 9.53 Å². The molecule has 140 valence electrons. The Hall–Kier alpha value is -2.17. The molecule has 5 heteroatoms. The van der Waals surface area contributed by atoms with Gasteiger partial charge in [0.1, 0.15) is 0 Å². The van der Waals surface area contributed by atoms with Crippen molar-refractivity contribution in [2.75, 3.05) is 21.3 Å². The quantitative estimate of drug-likeness (QED) is 0.331. The highest BCUT2D eigenvalue weighted by Gasteiger charge is 2.12. The molecule has 0 aliphatic rings. The van der Waals surface area contributed by atoms with Gasteiger partial charge in [0.2, 0.25) is 5.75 Å². The molecular weight excluding hydrogens is 320 g/mol. The number of unbranched alkanes of at least 4 members (excludes halogenated alkanes) is 3. The molecule has 0 aliphatic heterocycles. The standard InChI is InChI=1S/C20H30O5/c1-6-7-8-9-10-15(2)25-19(21)12-11-16-13-17(22-3)20(24-5)18(14-16)23-4/h11-15H,6-10H2,1-5H3/b12-11+. The highest BCUT2D eigenvalue weighted by Crippen LogP contribution is 2.38. The molecule has 0 amide bonds. The Kier molecular flexibility index (Phi) is 9.51. The molecule has 0 aromatic heterocycles. The van der Waals surface area contributed by atoms with Crippen LogP contribution >= 0.6 is 0 Å². The average Bonchev–Trinajstić information content (AvgIpc) is 2.62. The van der Waals surface area contributed by atoms with Crippen LogP contribution in [0.5, 0.6) is 17.2 Å². The molecule has 0 heterocycles. The Morgan fingerprint density at radius 3 is 2.20 bits per heavy atom. The number of esters is 1. The molecule has 0 radical (unpaired) electrons. The van der Waals surface area contributed by atoms with E-state index >= 15 is 0 Å². The monoisotopic (exact) mass is 350 g/mol. The van der Waals surface area contributed by atoms with Gasteiger partial charge in [0, 0.05) is 6.08 Å². The zero-order valence-electron chi connectivity index (χ0n) is 16.0. The first-order valence-electron chi connectivity index (χ1n) is 8.74. The number of hydrogen-bond donors (Lipinski definition) is 0. The summed E-state index contributed by atoms with van der Waals surface area (Å²) < 4.78 is 21.3. The summed E-state index contributed by atoms with van der Waals surface area (Å²) in [4.78, 5) is 12.0. The van der Waals surface area contributed by atoms with E-state index in [1.165, 1.54) is 25.3 Å². The number of carbonyl (C=O) groups excluding carboxylic acids is 1. The normalized spacial score (nSPS) is 12.0. The lowest BCUT2D eigenvalue weighted by atomic mass is 10.1. The lowest BCUT2D eigenvalue weighted by Crippen LogP contribution is -2.12. The third-order valence-electron chi connectivity index (χ3n) is 3.88. The Labute approximate surface area is 150 Å². The minimum absolute atomic E-state index is 0.0751. The molecule has 1 unspecified atom stereocenters. The predicted octanol–water partition coefficient (Wildman–Crippen LogP) is 4.63. The van der Waals surface area contributed by atoms with Gasteiger partial charge in [0.05, 0.1) is 27.4 Å². The van der Waals surface area contributed by atoms with E-state index in [1.807, 2.05) is 6.92 Å². The summed E-state index contributed by atoms with van der Waals surface area (Å²) in [5.74, 6) is 1.25. The zero-order valence-corrected chi connectivity index (χ0v) is 16.0. The molecule has 0 aliphatic carbocycles. The number of methoxy groups -OCH3 is 3. The first-order valence-corrected chi connectivity index (χ1v) is 8.74. The Balaban J connectivity index is 2.66. The second-order valence-corrected chi connectivity index (χ2v) is 5.89. The first-order chi connectivity index (χ1) is 12.0. The Morgan fingerprint density at radius 1 is 1.04 bits per heavy atom. The molecule has 5 nitrogen and oxygen atoms in total. The van der Waals surface area contributed by atoms with E-state index < -0.39 is 0 Å². The van der Waals surface area contributed by atoms with Gasteiger partial charge in [-0.3, -0.25) is 0 Å². The van der Waals surface area contributed by atoms with Crippen LogP contribution in [0, 0.1) is 0 Å². The molecule has 0 bridgehead atoms. The van der Waals surface area contributed by atoms with Crippen LogP contribution in [0.2, 0.25) is 0 Å². The van der Waals surface area contributed by atoms with Crippen LogP contribution in [-0.4, -0.2) is 33.4 Å². The van der Waals surface area contributed by atoms with Crippen LogP contribution in [0.1, 0.15) is 51.5 Å². The molecular formula is C20H30O5. The van der Waals surface area contributed by atoms with Crippen molar-refractivity contribution in [3.05, 3.63) is 23.8 Å². The minimum atomic E-state index is -0.350. The maximum Gasteiger partial charge on any atom is 0.331 e. The fourth-order valence-corrected chi connectivity index (χ4v) is 2.52. The summed E-state index contributed by atoms with van der Waals surface area (Å²) in [6.07, 6.45) is 8.60. The van der Waals surface area contributed by atoms with Crippen LogP contribution in [0.15, 0.2) is 18.2 Å². The van der Waals surface area contributed by atoms with Crippen molar-refractivity contribution in [2.45, 2.75) is 52.1 Å². The first kappa shape index (κ1) is 20.9. The molecule has 1 aromatic rings. The van der Waals surface area contributed by atoms with Crippen molar-refractivity contribution in [3.8, 4) is 17.2 Å². The average molecular weight is 350 g/mol. The van der Waals surface area contributed by atoms with Gasteiger partial charge in [-0.05, 0) is 43.5 Å². The van der Waals surface area contributed by atoms with Gasteiger partial charge in [0.25, 0.3) is 0 Å². The molecule has 0 N–H and O–H groups in total. The molecule has 1 aromatic carbocycles. The van der Waals surface area contributed by atoms with E-state index in [-0.39, 0.29) is 12.1 Å². The lowest BCUT2D eigenvalue weighted by Gasteiger charge is -2.13. The van der Waals surface area contributed by atoms with E-state index in [2.05, 4.69) is 6.92 Å². The van der Waals surface area contributed by atoms with Crippen LogP contribution < -0.4 is 14.2 Å². The highest BCUT2D eigenvalue weighted by atomic mass is 16.5. The predicted molar refractivity (Wildman–Crippen MR) is 99.4 cm³/mol. The van der Waals surface area contributed by atoms with Gasteiger partial charge < -0.3 is 18.9 Å². The van der Waals surface area contributed by atoms with Crippen molar-refractivity contribution < 1.29 is 23.7 Å². The summed E-state index contributed by atoms with van der Waals surface area (Å²) in [7, 11) is 4.66. The van der Waals surface area contributed by atoms with Crippen molar-refractivity contribution in [1.82, 2.24) is 0 Å². The highest BCUT2D eigenvalue weighted by molar-refractivity contribution is 5.87. The summed E-state index contributed by atoms with van der Waals surface area (Å²) in [5, 5.41) is 0. The fourth-order valence-electron chi connectivity index (χ4n) is 2.52. The van der Waals surface area contributed by atoms with E-state index in [1.54, 1.807) is 39.5 Å². The molecule has 0 spiro atoms. The third-order valence-corrected chi connectivity index (χ3v) is 3.88. The third kappa shape index (κ3) is 7.08. The van der Waals surface area contributed by atoms with Gasteiger partial charge in [-0.1, -0.05) is 26.2 Å². The van der Waals surface area contributed by atoms with Crippen LogP contribution in [0.25, 0.3) is 6.08 Å². The largest absolute Gasteiger partial charge is 0.493 e. The topological polar surface area (TPSA) is 54.0 Å². The van der Waals surface area contributed by atoms with Crippen molar-refractivity contribution in [3.63, 3.8) is 0 Å². The number of rotatable bonds is 11. The van der Waals surface area contributed by atoms with E-state index in [9.17, 15) is 4.79 Å². The zero-order chi connectivity index (χ0) is 18.7. The smallest absolute Gasteiger partial charge is 0.331 e. The van der Waals surface area contributed by atoms with E-state index in [4.69, 9.17) is 18.9 Å². The number of benzene rings is 1. The second-order valence-electron chi connectivity index (χ2n) is 5.89. The summed E-state index contributed by atoms with van der Waals surface area (Å²) in [6, 6.07) is 3.55. The molecule has 1 rings (SSSR count). The maximum absolute atomic E-state index is 12.0. The molecule has 1 atom stereocenters. The Morgan fingerprint density at radius 2 is 1.68 bits per heavy atom. The number of hydrogen-bond acceptors (Lipinski definition) is 5. The SMILES string of the molecule is CCCCCCC(C)OC(=O)/C=C/c1cc(OC)c(OC)c(OC)c1. The Bertz CT molecular complexity index is 540. The van der Waals surface area contributed by atoms with Gasteiger partial charge in [-0.2, -0.15) is 0 Å². The minimum Gasteiger partial charge on any atom is -0.493 e. The molecule has 25 heavy (non-hydrogen) atoms. The lowest BCUT2D eigenvalue weighted by molar-refractivity contribution is -0.142. The molecule has 0 saturated carbocycles. The van der Waals surface area contributed by atoms with Crippen molar-refractivity contribution in [1.29, 1.82) is 0 Å². The molecule has 0 saturated heterocycles. The van der Waals surface area contributed by atoms with Gasteiger partial charge in [0.15, 0.2) is 11.5 Å². The molecule has 0 fully saturated rings. The van der Waals surface area contributed by atoms with E-state index in [0.717, 1.165) is 18.4 Å². The van der Waals surface area contributed by atoms with Gasteiger partial charge >= 0.3 is 5.97 Å². The van der Waals surface area contributed by atoms with Gasteiger partial charge in [-0.15, -0.1) is 0 Å². The van der Waals surface area contributed by atoms with Crippen molar-refractivity contribution in [2.24, 2.45) is 0 Å². The van der Waals surface area contributed by atoms with Gasteiger partial charge in [-0.25, -0.2) is 4.79 Å². The van der Waals surface area contributed by atoms with Crippen LogP contribution in [0.4, 0.5) is 0 Å². The van der Waals surface area contributed by atoms with Crippen LogP contribution in [0.3, 0.4) is 0 Å². The summed E-state index contributed by atoms with van der Waals surface area (Å²) in [5.41, 5.74) is 0.766. The second kappa shape index (κ2) is 11.4. The van der Waals surface area contributed by atoms with Crippen molar-refractivity contribution >= 4 is 12.0 Å². The van der Waals surface area contributed by atoms with E-state index in [0.29, 0.717) is 17.2 Å².